The molecule has 2 saturated heterocycles. The van der Waals surface area contributed by atoms with E-state index in [-0.39, 0.29) is 5.91 Å². The van der Waals surface area contributed by atoms with E-state index in [9.17, 15) is 4.79 Å². The Labute approximate surface area is 167 Å². The molecule has 2 aliphatic heterocycles. The van der Waals surface area contributed by atoms with E-state index in [1.54, 1.807) is 11.8 Å². The molecule has 7 heteroatoms. The summed E-state index contributed by atoms with van der Waals surface area (Å²) in [4.78, 5) is 17.3. The molecule has 0 aromatic carbocycles. The highest BCUT2D eigenvalue weighted by atomic mass is 32.2. The van der Waals surface area contributed by atoms with Crippen LogP contribution in [0.1, 0.15) is 71.3 Å². The number of nitrogens with zero attached hydrogens (tertiary/aromatic N) is 5. The zero-order valence-electron chi connectivity index (χ0n) is 16.8. The number of likely N-dealkylation sites (tertiary alicyclic amines) is 1. The van der Waals surface area contributed by atoms with Gasteiger partial charge in [-0.25, -0.2) is 0 Å². The highest BCUT2D eigenvalue weighted by Crippen LogP contribution is 2.41. The average Bonchev–Trinajstić information content (AvgIpc) is 3.46. The number of rotatable bonds is 6. The molecule has 150 valence electrons. The van der Waals surface area contributed by atoms with Gasteiger partial charge in [-0.2, -0.15) is 0 Å². The predicted molar refractivity (Wildman–Crippen MR) is 109 cm³/mol. The molecule has 6 nitrogen and oxygen atoms in total. The number of carbonyl (C=O) groups excluding carboxylic acids is 1. The van der Waals surface area contributed by atoms with Gasteiger partial charge in [0.1, 0.15) is 0 Å². The molecule has 1 unspecified atom stereocenters. The molecule has 27 heavy (non-hydrogen) atoms. The molecule has 3 fully saturated rings. The Hall–Kier alpha value is -1.24. The van der Waals surface area contributed by atoms with Crippen molar-refractivity contribution in [2.24, 2.45) is 5.92 Å². The first-order valence-electron chi connectivity index (χ1n) is 10.8. The van der Waals surface area contributed by atoms with Gasteiger partial charge in [0.2, 0.25) is 11.9 Å². The highest BCUT2D eigenvalue weighted by Gasteiger charge is 2.33. The lowest BCUT2D eigenvalue weighted by molar-refractivity contribution is -0.132. The Balaban J connectivity index is 1.42. The van der Waals surface area contributed by atoms with E-state index in [0.717, 1.165) is 55.9 Å². The van der Waals surface area contributed by atoms with E-state index < -0.39 is 0 Å². The fourth-order valence-electron chi connectivity index (χ4n) is 4.41. The van der Waals surface area contributed by atoms with Crippen molar-refractivity contribution in [1.82, 2.24) is 19.7 Å². The molecule has 1 saturated carbocycles. The summed E-state index contributed by atoms with van der Waals surface area (Å²) in [6.07, 6.45) is 9.49. The number of aromatic nitrogens is 3. The van der Waals surface area contributed by atoms with Gasteiger partial charge >= 0.3 is 0 Å². The summed E-state index contributed by atoms with van der Waals surface area (Å²) >= 11 is 1.59. The summed E-state index contributed by atoms with van der Waals surface area (Å²) in [6.45, 7) is 7.59. The Morgan fingerprint density at radius 2 is 1.85 bits per heavy atom. The van der Waals surface area contributed by atoms with Gasteiger partial charge in [-0.3, -0.25) is 9.36 Å². The van der Waals surface area contributed by atoms with Gasteiger partial charge < -0.3 is 9.80 Å². The van der Waals surface area contributed by atoms with Crippen molar-refractivity contribution in [3.8, 4) is 0 Å². The third-order valence-electron chi connectivity index (χ3n) is 6.37. The van der Waals surface area contributed by atoms with Crippen LogP contribution in [0.3, 0.4) is 0 Å². The summed E-state index contributed by atoms with van der Waals surface area (Å²) in [5.74, 6) is 2.59. The molecular weight excluding hydrogens is 358 g/mol. The molecule has 1 atom stereocenters. The number of thioether (sulfide) groups is 1. The lowest BCUT2D eigenvalue weighted by Gasteiger charge is -2.35. The van der Waals surface area contributed by atoms with E-state index in [2.05, 4.69) is 38.4 Å². The van der Waals surface area contributed by atoms with Crippen LogP contribution in [0.2, 0.25) is 0 Å². The molecule has 0 radical (unpaired) electrons. The van der Waals surface area contributed by atoms with Crippen LogP contribution in [0.25, 0.3) is 0 Å². The van der Waals surface area contributed by atoms with Crippen LogP contribution >= 0.6 is 11.8 Å². The predicted octanol–water partition coefficient (Wildman–Crippen LogP) is 3.73. The molecule has 0 bridgehead atoms. The second-order valence-electron chi connectivity index (χ2n) is 8.49. The van der Waals surface area contributed by atoms with Crippen LogP contribution in [0, 0.1) is 5.92 Å². The molecule has 0 spiro atoms. The van der Waals surface area contributed by atoms with Crippen molar-refractivity contribution in [2.75, 3.05) is 30.3 Å². The van der Waals surface area contributed by atoms with Gasteiger partial charge in [-0.05, 0) is 57.3 Å². The van der Waals surface area contributed by atoms with Gasteiger partial charge in [0.15, 0.2) is 5.16 Å². The van der Waals surface area contributed by atoms with Crippen LogP contribution in [0.15, 0.2) is 5.16 Å². The van der Waals surface area contributed by atoms with Crippen molar-refractivity contribution in [2.45, 2.75) is 82.5 Å². The minimum absolute atomic E-state index is 0.269. The lowest BCUT2D eigenvalue weighted by atomic mass is 10.00. The quantitative estimate of drug-likeness (QED) is 0.692. The first-order valence-corrected chi connectivity index (χ1v) is 11.8. The zero-order chi connectivity index (χ0) is 18.8. The molecule has 3 heterocycles. The molecule has 1 aliphatic carbocycles. The minimum Gasteiger partial charge on any atom is -0.341 e. The topological polar surface area (TPSA) is 54.3 Å². The molecule has 4 rings (SSSR count). The highest BCUT2D eigenvalue weighted by molar-refractivity contribution is 7.99. The molecular formula is C20H33N5OS. The van der Waals surface area contributed by atoms with Gasteiger partial charge in [-0.15, -0.1) is 10.2 Å². The number of anilines is 1. The van der Waals surface area contributed by atoms with E-state index in [0.29, 0.717) is 17.8 Å². The van der Waals surface area contributed by atoms with Crippen LogP contribution in [-0.2, 0) is 4.79 Å². The maximum Gasteiger partial charge on any atom is 0.233 e. The fourth-order valence-corrected chi connectivity index (χ4v) is 5.29. The smallest absolute Gasteiger partial charge is 0.233 e. The Kier molecular flexibility index (Phi) is 5.95. The monoisotopic (exact) mass is 391 g/mol. The van der Waals surface area contributed by atoms with E-state index >= 15 is 0 Å². The van der Waals surface area contributed by atoms with Crippen molar-refractivity contribution in [3.63, 3.8) is 0 Å². The molecule has 0 N–H and O–H groups in total. The third-order valence-corrected chi connectivity index (χ3v) is 7.30. The Morgan fingerprint density at radius 1 is 1.07 bits per heavy atom. The summed E-state index contributed by atoms with van der Waals surface area (Å²) in [5, 5.41) is 9.97. The van der Waals surface area contributed by atoms with Gasteiger partial charge in [0.05, 0.1) is 5.75 Å². The van der Waals surface area contributed by atoms with Crippen LogP contribution in [0.4, 0.5) is 5.95 Å². The first-order chi connectivity index (χ1) is 13.2. The van der Waals surface area contributed by atoms with Crippen molar-refractivity contribution >= 4 is 23.6 Å². The molecule has 1 amide bonds. The van der Waals surface area contributed by atoms with Crippen LogP contribution in [-0.4, -0.2) is 57.0 Å². The maximum absolute atomic E-state index is 12.8. The normalized spacial score (nSPS) is 24.4. The average molecular weight is 392 g/mol. The summed E-state index contributed by atoms with van der Waals surface area (Å²) in [5.41, 5.74) is 0. The zero-order valence-corrected chi connectivity index (χ0v) is 17.6. The number of amides is 1. The second-order valence-corrected chi connectivity index (χ2v) is 9.43. The van der Waals surface area contributed by atoms with E-state index in [1.807, 2.05) is 0 Å². The van der Waals surface area contributed by atoms with Crippen molar-refractivity contribution < 1.29 is 4.79 Å². The van der Waals surface area contributed by atoms with Crippen LogP contribution < -0.4 is 4.90 Å². The van der Waals surface area contributed by atoms with E-state index in [1.165, 1.54) is 32.1 Å². The van der Waals surface area contributed by atoms with E-state index in [4.69, 9.17) is 0 Å². The molecule has 1 aromatic heterocycles. The SMILES string of the molecule is CCC1CCCCN1C(=O)CSc1nnc(N2CCC(C)CC2)n1C1CC1. The lowest BCUT2D eigenvalue weighted by Crippen LogP contribution is -2.44. The number of carbonyl (C=O) groups is 1. The molecule has 1 aromatic rings. The van der Waals surface area contributed by atoms with Gasteiger partial charge in [-0.1, -0.05) is 25.6 Å². The van der Waals surface area contributed by atoms with Gasteiger partial charge in [0.25, 0.3) is 0 Å². The largest absolute Gasteiger partial charge is 0.341 e. The van der Waals surface area contributed by atoms with Crippen molar-refractivity contribution in [3.05, 3.63) is 0 Å². The third kappa shape index (κ3) is 4.28. The summed E-state index contributed by atoms with van der Waals surface area (Å²) < 4.78 is 2.32. The van der Waals surface area contributed by atoms with Crippen molar-refractivity contribution in [1.29, 1.82) is 0 Å². The second kappa shape index (κ2) is 8.41. The number of hydrogen-bond acceptors (Lipinski definition) is 5. The standard InChI is InChI=1S/C20H33N5OS/c1-3-16-6-4-5-11-24(16)18(26)14-27-20-22-21-19(25(20)17-7-8-17)23-12-9-15(2)10-13-23/h15-17H,3-14H2,1-2H3. The number of hydrogen-bond donors (Lipinski definition) is 0. The Bertz CT molecular complexity index is 651. The fraction of sp³-hybridized carbons (Fsp3) is 0.850. The summed E-state index contributed by atoms with van der Waals surface area (Å²) in [7, 11) is 0. The minimum atomic E-state index is 0.269. The maximum atomic E-state index is 12.8. The first kappa shape index (κ1) is 19.1. The summed E-state index contributed by atoms with van der Waals surface area (Å²) in [6, 6.07) is 0.962. The molecule has 3 aliphatic rings. The number of piperidine rings is 2. The Morgan fingerprint density at radius 3 is 2.56 bits per heavy atom. The van der Waals surface area contributed by atoms with Gasteiger partial charge in [0, 0.05) is 31.7 Å². The van der Waals surface area contributed by atoms with Crippen LogP contribution in [0.5, 0.6) is 0 Å².